The third-order valence-corrected chi connectivity index (χ3v) is 5.28. The molecule has 3 rings (SSSR count). The summed E-state index contributed by atoms with van der Waals surface area (Å²) in [4.78, 5) is 19.3. The molecule has 0 bridgehead atoms. The predicted octanol–water partition coefficient (Wildman–Crippen LogP) is 1.09. The van der Waals surface area contributed by atoms with E-state index in [1.54, 1.807) is 40.9 Å². The minimum atomic E-state index is -3.29. The predicted molar refractivity (Wildman–Crippen MR) is 92.9 cm³/mol. The largest absolute Gasteiger partial charge is 0.331 e. The number of thiophene rings is 1. The quantitative estimate of drug-likeness (QED) is 0.803. The number of sulfonamides is 1. The van der Waals surface area contributed by atoms with Crippen LogP contribution in [-0.2, 0) is 21.4 Å². The van der Waals surface area contributed by atoms with E-state index >= 15 is 0 Å². The topological polar surface area (TPSA) is 84.3 Å². The van der Waals surface area contributed by atoms with Gasteiger partial charge in [0, 0.05) is 30.2 Å². The Morgan fingerprint density at radius 1 is 1.54 bits per heavy atom. The molecule has 1 aliphatic heterocycles. The Morgan fingerprint density at radius 2 is 2.38 bits per heavy atom. The number of nitrogens with one attached hydrogen (secondary N) is 1. The first-order valence-electron chi connectivity index (χ1n) is 7.38. The summed E-state index contributed by atoms with van der Waals surface area (Å²) in [6, 6.07) is 3.70. The minimum absolute atomic E-state index is 0.0970. The van der Waals surface area contributed by atoms with Crippen LogP contribution in [0.15, 0.2) is 36.1 Å². The molecule has 24 heavy (non-hydrogen) atoms. The number of hydrogen-bond donors (Lipinski definition) is 1. The molecule has 0 fully saturated rings. The van der Waals surface area contributed by atoms with Crippen LogP contribution in [0.3, 0.4) is 0 Å². The molecule has 1 N–H and O–H groups in total. The van der Waals surface area contributed by atoms with Gasteiger partial charge < -0.3 is 9.47 Å². The molecule has 0 saturated heterocycles. The lowest BCUT2D eigenvalue weighted by molar-refractivity contribution is -0.127. The van der Waals surface area contributed by atoms with Crippen LogP contribution in [0.1, 0.15) is 16.6 Å². The standard InChI is InChI=1S/C15H18N4O3S2/c1-24(21,22)17-8-13-10-18(9-12-7-16-11-19(12)13)15(20)5-4-14-3-2-6-23-14/h2-7,11,13,17H,8-10H2,1H3/b5-4+/t13-/m0/s1. The van der Waals surface area contributed by atoms with Crippen molar-refractivity contribution in [3.8, 4) is 0 Å². The normalized spacial score (nSPS) is 18.0. The second-order valence-electron chi connectivity index (χ2n) is 5.63. The summed E-state index contributed by atoms with van der Waals surface area (Å²) >= 11 is 1.56. The molecule has 2 aromatic heterocycles. The third-order valence-electron chi connectivity index (χ3n) is 3.75. The summed E-state index contributed by atoms with van der Waals surface area (Å²) < 4.78 is 27.1. The summed E-state index contributed by atoms with van der Waals surface area (Å²) in [5.74, 6) is -0.0970. The van der Waals surface area contributed by atoms with Crippen molar-refractivity contribution in [3.63, 3.8) is 0 Å². The van der Waals surface area contributed by atoms with Crippen LogP contribution in [0, 0.1) is 0 Å². The molecule has 1 amide bonds. The second kappa shape index (κ2) is 6.88. The fourth-order valence-corrected chi connectivity index (χ4v) is 3.72. The molecule has 0 saturated carbocycles. The highest BCUT2D eigenvalue weighted by atomic mass is 32.2. The maximum absolute atomic E-state index is 12.4. The van der Waals surface area contributed by atoms with Gasteiger partial charge in [0.1, 0.15) is 0 Å². The summed E-state index contributed by atoms with van der Waals surface area (Å²) in [5, 5.41) is 1.95. The number of carbonyl (C=O) groups excluding carboxylic acids is 1. The van der Waals surface area contributed by atoms with Crippen LogP contribution < -0.4 is 4.72 Å². The number of aromatic nitrogens is 2. The molecule has 0 radical (unpaired) electrons. The van der Waals surface area contributed by atoms with Gasteiger partial charge in [0.15, 0.2) is 0 Å². The van der Waals surface area contributed by atoms with Gasteiger partial charge in [-0.15, -0.1) is 11.3 Å². The molecule has 128 valence electrons. The van der Waals surface area contributed by atoms with Gasteiger partial charge in [-0.1, -0.05) is 6.07 Å². The van der Waals surface area contributed by atoms with Gasteiger partial charge in [-0.05, 0) is 17.5 Å². The number of fused-ring (bicyclic) bond motifs is 1. The molecule has 0 spiro atoms. The molecular formula is C15H18N4O3S2. The van der Waals surface area contributed by atoms with E-state index in [1.807, 2.05) is 22.1 Å². The van der Waals surface area contributed by atoms with Gasteiger partial charge in [-0.2, -0.15) is 0 Å². The van der Waals surface area contributed by atoms with Gasteiger partial charge in [0.05, 0.1) is 30.9 Å². The van der Waals surface area contributed by atoms with Crippen LogP contribution in [0.2, 0.25) is 0 Å². The van der Waals surface area contributed by atoms with Crippen LogP contribution in [0.4, 0.5) is 0 Å². The smallest absolute Gasteiger partial charge is 0.247 e. The minimum Gasteiger partial charge on any atom is -0.331 e. The van der Waals surface area contributed by atoms with Crippen molar-refractivity contribution in [3.05, 3.63) is 46.7 Å². The average molecular weight is 366 g/mol. The first-order chi connectivity index (χ1) is 11.4. The second-order valence-corrected chi connectivity index (χ2v) is 8.45. The first kappa shape index (κ1) is 16.9. The Bertz CT molecular complexity index is 840. The van der Waals surface area contributed by atoms with Crippen molar-refractivity contribution in [2.45, 2.75) is 12.6 Å². The number of amides is 1. The lowest BCUT2D eigenvalue weighted by atomic mass is 10.2. The Hall–Kier alpha value is -1.97. The van der Waals surface area contributed by atoms with Crippen LogP contribution in [-0.4, -0.2) is 48.1 Å². The van der Waals surface area contributed by atoms with Crippen molar-refractivity contribution in [2.75, 3.05) is 19.3 Å². The van der Waals surface area contributed by atoms with Crippen molar-refractivity contribution >= 4 is 33.3 Å². The highest BCUT2D eigenvalue weighted by Crippen LogP contribution is 2.21. The van der Waals surface area contributed by atoms with Gasteiger partial charge >= 0.3 is 0 Å². The molecule has 0 aromatic carbocycles. The fourth-order valence-electron chi connectivity index (χ4n) is 2.61. The number of rotatable bonds is 5. The fraction of sp³-hybridized carbons (Fsp3) is 0.333. The molecule has 2 aromatic rings. The van der Waals surface area contributed by atoms with Gasteiger partial charge in [-0.3, -0.25) is 4.79 Å². The van der Waals surface area contributed by atoms with Crippen LogP contribution in [0.25, 0.3) is 6.08 Å². The summed E-state index contributed by atoms with van der Waals surface area (Å²) in [6.45, 7) is 1.11. The van der Waals surface area contributed by atoms with Crippen LogP contribution in [0.5, 0.6) is 0 Å². The highest BCUT2D eigenvalue weighted by molar-refractivity contribution is 7.88. The molecule has 0 aliphatic carbocycles. The van der Waals surface area contributed by atoms with Crippen LogP contribution >= 0.6 is 11.3 Å². The molecule has 9 heteroatoms. The number of nitrogens with zero attached hydrogens (tertiary/aromatic N) is 3. The highest BCUT2D eigenvalue weighted by Gasteiger charge is 2.27. The van der Waals surface area contributed by atoms with Gasteiger partial charge in [-0.25, -0.2) is 18.1 Å². The van der Waals surface area contributed by atoms with Gasteiger partial charge in [0.2, 0.25) is 15.9 Å². The van der Waals surface area contributed by atoms with E-state index in [2.05, 4.69) is 9.71 Å². The zero-order chi connectivity index (χ0) is 17.2. The van der Waals surface area contributed by atoms with E-state index in [-0.39, 0.29) is 18.5 Å². The molecule has 3 heterocycles. The zero-order valence-electron chi connectivity index (χ0n) is 13.1. The summed E-state index contributed by atoms with van der Waals surface area (Å²) in [7, 11) is -3.29. The lowest BCUT2D eigenvalue weighted by Gasteiger charge is -2.34. The average Bonchev–Trinajstić information content (AvgIpc) is 3.20. The van der Waals surface area contributed by atoms with E-state index in [0.29, 0.717) is 13.1 Å². The number of carbonyl (C=O) groups is 1. The number of hydrogen-bond acceptors (Lipinski definition) is 5. The van der Waals surface area contributed by atoms with Crippen molar-refractivity contribution in [2.24, 2.45) is 0 Å². The van der Waals surface area contributed by atoms with E-state index in [9.17, 15) is 13.2 Å². The van der Waals surface area contributed by atoms with Crippen molar-refractivity contribution in [1.29, 1.82) is 0 Å². The Kier molecular flexibility index (Phi) is 4.83. The monoisotopic (exact) mass is 366 g/mol. The Morgan fingerprint density at radius 3 is 3.08 bits per heavy atom. The summed E-state index contributed by atoms with van der Waals surface area (Å²) in [6.07, 6.45) is 7.85. The number of imidazole rings is 1. The molecular weight excluding hydrogens is 348 g/mol. The maximum atomic E-state index is 12.4. The molecule has 1 atom stereocenters. The maximum Gasteiger partial charge on any atom is 0.247 e. The molecule has 1 aliphatic rings. The van der Waals surface area contributed by atoms with E-state index in [0.717, 1.165) is 16.8 Å². The van der Waals surface area contributed by atoms with E-state index < -0.39 is 10.0 Å². The molecule has 0 unspecified atom stereocenters. The Labute approximate surface area is 144 Å². The third kappa shape index (κ3) is 4.11. The van der Waals surface area contributed by atoms with Gasteiger partial charge in [0.25, 0.3) is 0 Å². The lowest BCUT2D eigenvalue weighted by Crippen LogP contribution is -2.44. The Balaban J connectivity index is 1.73. The SMILES string of the molecule is CS(=O)(=O)NC[C@H]1CN(C(=O)/C=C/c2cccs2)Cc2cncn21. The van der Waals surface area contributed by atoms with E-state index in [4.69, 9.17) is 0 Å². The van der Waals surface area contributed by atoms with Crippen molar-refractivity contribution in [1.82, 2.24) is 19.2 Å². The zero-order valence-corrected chi connectivity index (χ0v) is 14.8. The van der Waals surface area contributed by atoms with Crippen molar-refractivity contribution < 1.29 is 13.2 Å². The summed E-state index contributed by atoms with van der Waals surface area (Å²) in [5.41, 5.74) is 0.888. The first-order valence-corrected chi connectivity index (χ1v) is 10.2. The van der Waals surface area contributed by atoms with E-state index in [1.165, 1.54) is 0 Å². The molecule has 7 nitrogen and oxygen atoms in total.